The lowest BCUT2D eigenvalue weighted by Gasteiger charge is -2.06. The van der Waals surface area contributed by atoms with Crippen molar-refractivity contribution in [2.24, 2.45) is 0 Å². The number of hydrogen-bond acceptors (Lipinski definition) is 6. The molecule has 0 saturated carbocycles. The second-order valence-electron chi connectivity index (χ2n) is 5.82. The van der Waals surface area contributed by atoms with Crippen LogP contribution in [-0.2, 0) is 16.1 Å². The Bertz CT molecular complexity index is 794. The molecule has 0 aliphatic carbocycles. The third-order valence-corrected chi connectivity index (χ3v) is 3.83. The van der Waals surface area contributed by atoms with Gasteiger partial charge in [0.05, 0.1) is 17.9 Å². The Morgan fingerprint density at radius 1 is 1.31 bits per heavy atom. The van der Waals surface area contributed by atoms with Gasteiger partial charge in [0.2, 0.25) is 0 Å². The van der Waals surface area contributed by atoms with Gasteiger partial charge in [-0.1, -0.05) is 30.6 Å². The maximum absolute atomic E-state index is 11.9. The number of aromatic nitrogens is 1. The highest BCUT2D eigenvalue weighted by Crippen LogP contribution is 2.19. The molecule has 26 heavy (non-hydrogen) atoms. The van der Waals surface area contributed by atoms with Crippen LogP contribution in [0.2, 0.25) is 0 Å². The summed E-state index contributed by atoms with van der Waals surface area (Å²) >= 11 is 0. The first kappa shape index (κ1) is 19.3. The molecule has 0 aliphatic heterocycles. The summed E-state index contributed by atoms with van der Waals surface area (Å²) in [7, 11) is 0. The van der Waals surface area contributed by atoms with E-state index in [-0.39, 0.29) is 5.57 Å². The minimum Gasteiger partial charge on any atom is -0.489 e. The molecule has 0 atom stereocenters. The van der Waals surface area contributed by atoms with E-state index in [2.05, 4.69) is 5.16 Å². The highest BCUT2D eigenvalue weighted by atomic mass is 16.5. The number of esters is 1. The number of ether oxygens (including phenoxy) is 2. The fourth-order valence-electron chi connectivity index (χ4n) is 2.21. The van der Waals surface area contributed by atoms with Gasteiger partial charge in [0.15, 0.2) is 0 Å². The number of hydrogen-bond donors (Lipinski definition) is 0. The molecule has 1 aromatic carbocycles. The van der Waals surface area contributed by atoms with Gasteiger partial charge in [-0.2, -0.15) is 5.26 Å². The van der Waals surface area contributed by atoms with Crippen molar-refractivity contribution in [3.05, 3.63) is 52.4 Å². The molecule has 0 N–H and O–H groups in total. The number of nitrogens with zero attached hydrogens (tertiary/aromatic N) is 2. The molecule has 136 valence electrons. The van der Waals surface area contributed by atoms with Crippen LogP contribution >= 0.6 is 0 Å². The second kappa shape index (κ2) is 9.42. The van der Waals surface area contributed by atoms with Crippen LogP contribution < -0.4 is 4.74 Å². The Hall–Kier alpha value is -3.07. The fraction of sp³-hybridized carbons (Fsp3) is 0.350. The zero-order chi connectivity index (χ0) is 18.9. The van der Waals surface area contributed by atoms with Crippen molar-refractivity contribution in [1.82, 2.24) is 5.16 Å². The summed E-state index contributed by atoms with van der Waals surface area (Å²) in [5, 5.41) is 13.0. The molecule has 0 fully saturated rings. The lowest BCUT2D eigenvalue weighted by Crippen LogP contribution is -2.07. The number of nitriles is 1. The number of unbranched alkanes of at least 4 members (excludes halogenated alkanes) is 1. The van der Waals surface area contributed by atoms with Crippen LogP contribution in [-0.4, -0.2) is 17.7 Å². The predicted octanol–water partition coefficient (Wildman–Crippen LogP) is 4.12. The zero-order valence-electron chi connectivity index (χ0n) is 15.2. The topological polar surface area (TPSA) is 85.4 Å². The number of benzene rings is 1. The van der Waals surface area contributed by atoms with Gasteiger partial charge in [-0.25, -0.2) is 4.79 Å². The van der Waals surface area contributed by atoms with Gasteiger partial charge in [-0.3, -0.25) is 0 Å². The smallest absolute Gasteiger partial charge is 0.348 e. The first-order chi connectivity index (χ1) is 12.5. The average molecular weight is 354 g/mol. The standard InChI is InChI=1S/C20H22N2O4/c1-4-5-10-24-20(23)17(12-21)11-16-6-8-18(9-7-16)25-13-19-14(2)22-26-15(19)3/h6-9,11H,4-5,10,13H2,1-3H3/b17-11-. The van der Waals surface area contributed by atoms with Crippen LogP contribution in [0.5, 0.6) is 5.75 Å². The van der Waals surface area contributed by atoms with Crippen LogP contribution in [0.3, 0.4) is 0 Å². The van der Waals surface area contributed by atoms with Crippen LogP contribution in [0, 0.1) is 25.2 Å². The van der Waals surface area contributed by atoms with Gasteiger partial charge < -0.3 is 14.0 Å². The summed E-state index contributed by atoms with van der Waals surface area (Å²) in [6.45, 7) is 6.40. The number of carbonyl (C=O) groups excluding carboxylic acids is 1. The van der Waals surface area contributed by atoms with Crippen LogP contribution in [0.15, 0.2) is 34.4 Å². The van der Waals surface area contributed by atoms with Crippen molar-refractivity contribution in [2.75, 3.05) is 6.61 Å². The quantitative estimate of drug-likeness (QED) is 0.307. The first-order valence-electron chi connectivity index (χ1n) is 8.48. The first-order valence-corrected chi connectivity index (χ1v) is 8.48. The molecule has 0 unspecified atom stereocenters. The van der Waals surface area contributed by atoms with Crippen molar-refractivity contribution < 1.29 is 18.8 Å². The lowest BCUT2D eigenvalue weighted by molar-refractivity contribution is -0.138. The Morgan fingerprint density at radius 3 is 2.62 bits per heavy atom. The van der Waals surface area contributed by atoms with Crippen molar-refractivity contribution in [1.29, 1.82) is 5.26 Å². The van der Waals surface area contributed by atoms with E-state index in [1.54, 1.807) is 24.3 Å². The fourth-order valence-corrected chi connectivity index (χ4v) is 2.21. The highest BCUT2D eigenvalue weighted by Gasteiger charge is 2.11. The summed E-state index contributed by atoms with van der Waals surface area (Å²) in [5.74, 6) is 0.813. The van der Waals surface area contributed by atoms with Gasteiger partial charge in [-0.15, -0.1) is 0 Å². The maximum Gasteiger partial charge on any atom is 0.348 e. The largest absolute Gasteiger partial charge is 0.489 e. The van der Waals surface area contributed by atoms with Crippen molar-refractivity contribution in [3.8, 4) is 11.8 Å². The molecule has 0 radical (unpaired) electrons. The van der Waals surface area contributed by atoms with Gasteiger partial charge in [0.1, 0.15) is 29.8 Å². The van der Waals surface area contributed by atoms with E-state index >= 15 is 0 Å². The molecule has 0 saturated heterocycles. The van der Waals surface area contributed by atoms with E-state index in [4.69, 9.17) is 19.3 Å². The number of rotatable bonds is 8. The summed E-state index contributed by atoms with van der Waals surface area (Å²) < 4.78 is 15.9. The van der Waals surface area contributed by atoms with Crippen LogP contribution in [0.1, 0.15) is 42.3 Å². The Labute approximate surface area is 153 Å². The van der Waals surface area contributed by atoms with Gasteiger partial charge in [0.25, 0.3) is 0 Å². The molecule has 2 rings (SSSR count). The number of aryl methyl sites for hydroxylation is 2. The van der Waals surface area contributed by atoms with Gasteiger partial charge in [0, 0.05) is 0 Å². The van der Waals surface area contributed by atoms with Crippen LogP contribution in [0.4, 0.5) is 0 Å². The zero-order valence-corrected chi connectivity index (χ0v) is 15.2. The predicted molar refractivity (Wildman–Crippen MR) is 96.2 cm³/mol. The summed E-state index contributed by atoms with van der Waals surface area (Å²) in [4.78, 5) is 11.9. The minimum absolute atomic E-state index is 0.0227. The van der Waals surface area contributed by atoms with E-state index in [1.165, 1.54) is 6.08 Å². The SMILES string of the molecule is CCCCOC(=O)/C(C#N)=C\c1ccc(OCc2c(C)noc2C)cc1. The van der Waals surface area contributed by atoms with Crippen molar-refractivity contribution in [2.45, 2.75) is 40.2 Å². The molecule has 2 aromatic rings. The van der Waals surface area contributed by atoms with E-state index in [1.807, 2.05) is 26.8 Å². The molecular weight excluding hydrogens is 332 g/mol. The van der Waals surface area contributed by atoms with Crippen molar-refractivity contribution >= 4 is 12.0 Å². The number of carbonyl (C=O) groups is 1. The second-order valence-corrected chi connectivity index (χ2v) is 5.82. The molecule has 0 amide bonds. The minimum atomic E-state index is -0.598. The molecule has 0 bridgehead atoms. The molecular formula is C20H22N2O4. The molecule has 1 aromatic heterocycles. The summed E-state index contributed by atoms with van der Waals surface area (Å²) in [6.07, 6.45) is 3.21. The third kappa shape index (κ3) is 5.21. The molecule has 6 nitrogen and oxygen atoms in total. The Morgan fingerprint density at radius 2 is 2.04 bits per heavy atom. The molecule has 0 aliphatic rings. The monoisotopic (exact) mass is 354 g/mol. The lowest BCUT2D eigenvalue weighted by atomic mass is 10.1. The summed E-state index contributed by atoms with van der Waals surface area (Å²) in [6, 6.07) is 9.00. The highest BCUT2D eigenvalue weighted by molar-refractivity contribution is 5.97. The third-order valence-electron chi connectivity index (χ3n) is 3.83. The van der Waals surface area contributed by atoms with Gasteiger partial charge in [-0.05, 0) is 44.0 Å². The Balaban J connectivity index is 1.99. The van der Waals surface area contributed by atoms with E-state index in [0.717, 1.165) is 35.4 Å². The van der Waals surface area contributed by atoms with E-state index < -0.39 is 5.97 Å². The normalized spacial score (nSPS) is 11.1. The average Bonchev–Trinajstić information content (AvgIpc) is 2.97. The Kier molecular flexibility index (Phi) is 6.98. The summed E-state index contributed by atoms with van der Waals surface area (Å²) in [5.41, 5.74) is 2.43. The van der Waals surface area contributed by atoms with E-state index in [9.17, 15) is 4.79 Å². The van der Waals surface area contributed by atoms with Gasteiger partial charge >= 0.3 is 5.97 Å². The maximum atomic E-state index is 11.9. The van der Waals surface area contributed by atoms with Crippen molar-refractivity contribution in [3.63, 3.8) is 0 Å². The molecule has 6 heteroatoms. The molecule has 1 heterocycles. The molecule has 0 spiro atoms. The van der Waals surface area contributed by atoms with E-state index in [0.29, 0.717) is 19.0 Å². The van der Waals surface area contributed by atoms with Crippen LogP contribution in [0.25, 0.3) is 6.08 Å².